The molecule has 6 N–H and O–H groups in total. The predicted octanol–water partition coefficient (Wildman–Crippen LogP) is -2.21. The van der Waals surface area contributed by atoms with Gasteiger partial charge in [-0.2, -0.15) is 0 Å². The number of cyclic esters (lactones) is 2. The van der Waals surface area contributed by atoms with Crippen molar-refractivity contribution >= 4 is 34.5 Å². The molecule has 1 saturated heterocycles. The number of esters is 2. The minimum absolute atomic E-state index is 0.0793. The first-order chi connectivity index (χ1) is 6.38. The first-order valence-electron chi connectivity index (χ1n) is 3.68. The zero-order valence-corrected chi connectivity index (χ0v) is 9.31. The van der Waals surface area contributed by atoms with Gasteiger partial charge in [0.05, 0.1) is 11.0 Å². The molecule has 1 rings (SSSR count). The highest BCUT2D eigenvalue weighted by Crippen LogP contribution is 2.22. The van der Waals surface area contributed by atoms with Gasteiger partial charge in [0.15, 0.2) is 0 Å². The smallest absolute Gasteiger partial charge is 0.369 e. The summed E-state index contributed by atoms with van der Waals surface area (Å²) in [6.45, 7) is -0.352. The molecule has 0 saturated carbocycles. The van der Waals surface area contributed by atoms with Gasteiger partial charge in [-0.3, -0.25) is 11.5 Å². The first-order valence-corrected chi connectivity index (χ1v) is 5.21. The van der Waals surface area contributed by atoms with E-state index in [0.717, 1.165) is 0 Å². The Bertz CT molecular complexity index is 258. The zero-order valence-electron chi connectivity index (χ0n) is 7.16. The lowest BCUT2D eigenvalue weighted by molar-refractivity contribution is -0.221. The van der Waals surface area contributed by atoms with Gasteiger partial charge in [0.2, 0.25) is 0 Å². The summed E-state index contributed by atoms with van der Waals surface area (Å²) in [6, 6.07) is 0. The molecule has 0 bridgehead atoms. The lowest BCUT2D eigenvalue weighted by Gasteiger charge is -2.37. The predicted molar refractivity (Wildman–Crippen MR) is 54.0 cm³/mol. The summed E-state index contributed by atoms with van der Waals surface area (Å²) in [5.41, 5.74) is 12.3. The van der Waals surface area contributed by atoms with Crippen molar-refractivity contribution in [2.75, 3.05) is 11.0 Å². The van der Waals surface area contributed by atoms with Crippen molar-refractivity contribution in [2.45, 2.75) is 11.4 Å². The molecule has 0 amide bonds. The fraction of sp³-hybridized carbons (Fsp3) is 0.667. The van der Waals surface area contributed by atoms with E-state index < -0.39 is 23.4 Å². The topological polar surface area (TPSA) is 131 Å². The minimum Gasteiger partial charge on any atom is -0.428 e. The third kappa shape index (κ3) is 1.69. The van der Waals surface area contributed by atoms with Gasteiger partial charge in [-0.05, 0) is 0 Å². The monoisotopic (exact) mass is 315 g/mol. The molecule has 1 aliphatic heterocycles. The summed E-state index contributed by atoms with van der Waals surface area (Å²) in [5, 5.41) is 0. The van der Waals surface area contributed by atoms with Crippen molar-refractivity contribution in [1.29, 1.82) is 0 Å². The number of nitrogens with two attached hydrogens (primary N) is 3. The molecule has 8 heteroatoms. The maximum absolute atomic E-state index is 11.3. The van der Waals surface area contributed by atoms with E-state index in [-0.39, 0.29) is 11.0 Å². The molecule has 80 valence electrons. The SMILES string of the molecule is NCC1(N)OC(=O)C(N)(CI)OC1=O. The van der Waals surface area contributed by atoms with Crippen LogP contribution in [0.4, 0.5) is 0 Å². The largest absolute Gasteiger partial charge is 0.428 e. The number of hydrogen-bond acceptors (Lipinski definition) is 7. The quantitative estimate of drug-likeness (QED) is 0.299. The van der Waals surface area contributed by atoms with E-state index in [2.05, 4.69) is 4.74 Å². The summed E-state index contributed by atoms with van der Waals surface area (Å²) in [7, 11) is 0. The number of halogens is 1. The minimum atomic E-state index is -1.91. The molecular weight excluding hydrogens is 305 g/mol. The fourth-order valence-electron chi connectivity index (χ4n) is 0.794. The highest BCUT2D eigenvalue weighted by Gasteiger charge is 2.54. The third-order valence-corrected chi connectivity index (χ3v) is 2.88. The van der Waals surface area contributed by atoms with Gasteiger partial charge in [0.25, 0.3) is 11.4 Å². The van der Waals surface area contributed by atoms with E-state index in [9.17, 15) is 9.59 Å². The average molecular weight is 315 g/mol. The first kappa shape index (κ1) is 11.6. The average Bonchev–Trinajstić information content (AvgIpc) is 2.15. The summed E-state index contributed by atoms with van der Waals surface area (Å²) < 4.78 is 9.42. The van der Waals surface area contributed by atoms with Crippen molar-refractivity contribution in [1.82, 2.24) is 0 Å². The van der Waals surface area contributed by atoms with Crippen LogP contribution in [-0.4, -0.2) is 34.4 Å². The van der Waals surface area contributed by atoms with Crippen LogP contribution in [0.5, 0.6) is 0 Å². The van der Waals surface area contributed by atoms with E-state index in [1.807, 2.05) is 0 Å². The van der Waals surface area contributed by atoms with Crippen LogP contribution in [0.3, 0.4) is 0 Å². The Morgan fingerprint density at radius 1 is 1.14 bits per heavy atom. The molecule has 0 spiro atoms. The number of carbonyl (C=O) groups is 2. The van der Waals surface area contributed by atoms with Crippen molar-refractivity contribution < 1.29 is 19.1 Å². The van der Waals surface area contributed by atoms with Crippen molar-refractivity contribution in [3.05, 3.63) is 0 Å². The van der Waals surface area contributed by atoms with Gasteiger partial charge in [0.1, 0.15) is 0 Å². The summed E-state index contributed by atoms with van der Waals surface area (Å²) in [6.07, 6.45) is 0. The van der Waals surface area contributed by atoms with Crippen LogP contribution in [-0.2, 0) is 19.1 Å². The fourth-order valence-corrected chi connectivity index (χ4v) is 1.26. The number of hydrogen-bond donors (Lipinski definition) is 3. The van der Waals surface area contributed by atoms with Gasteiger partial charge in [-0.25, -0.2) is 9.59 Å². The van der Waals surface area contributed by atoms with Crippen LogP contribution in [0.25, 0.3) is 0 Å². The zero-order chi connectivity index (χ0) is 11.0. The lowest BCUT2D eigenvalue weighted by atomic mass is 10.1. The Balaban J connectivity index is 2.93. The highest BCUT2D eigenvalue weighted by molar-refractivity contribution is 14.1. The molecule has 7 nitrogen and oxygen atoms in total. The number of rotatable bonds is 2. The molecule has 0 aromatic carbocycles. The van der Waals surface area contributed by atoms with E-state index in [0.29, 0.717) is 0 Å². The van der Waals surface area contributed by atoms with Gasteiger partial charge in [0, 0.05) is 0 Å². The van der Waals surface area contributed by atoms with Crippen molar-refractivity contribution in [3.63, 3.8) is 0 Å². The second-order valence-corrected chi connectivity index (χ2v) is 3.66. The third-order valence-electron chi connectivity index (χ3n) is 1.74. The molecule has 1 fully saturated rings. The molecule has 14 heavy (non-hydrogen) atoms. The normalized spacial score (nSPS) is 37.7. The number of carbonyl (C=O) groups excluding carboxylic acids is 2. The van der Waals surface area contributed by atoms with Crippen LogP contribution in [0.15, 0.2) is 0 Å². The summed E-state index contributed by atoms with van der Waals surface area (Å²) >= 11 is 1.80. The molecule has 0 aliphatic carbocycles. The molecule has 0 aromatic rings. The van der Waals surface area contributed by atoms with E-state index in [1.54, 1.807) is 22.6 Å². The Kier molecular flexibility index (Phi) is 2.99. The molecular formula is C6H10IN3O4. The lowest BCUT2D eigenvalue weighted by Crippen LogP contribution is -2.70. The van der Waals surface area contributed by atoms with Gasteiger partial charge < -0.3 is 15.2 Å². The van der Waals surface area contributed by atoms with Gasteiger partial charge in [-0.15, -0.1) is 0 Å². The van der Waals surface area contributed by atoms with Crippen LogP contribution in [0, 0.1) is 0 Å². The van der Waals surface area contributed by atoms with E-state index in [1.165, 1.54) is 0 Å². The van der Waals surface area contributed by atoms with Crippen molar-refractivity contribution in [2.24, 2.45) is 17.2 Å². The van der Waals surface area contributed by atoms with E-state index >= 15 is 0 Å². The van der Waals surface area contributed by atoms with Gasteiger partial charge >= 0.3 is 11.9 Å². The number of ether oxygens (including phenoxy) is 2. The second-order valence-electron chi connectivity index (χ2n) is 2.90. The van der Waals surface area contributed by atoms with Crippen LogP contribution in [0.2, 0.25) is 0 Å². The van der Waals surface area contributed by atoms with Crippen LogP contribution >= 0.6 is 22.6 Å². The van der Waals surface area contributed by atoms with Crippen LogP contribution < -0.4 is 17.2 Å². The molecule has 0 aromatic heterocycles. The van der Waals surface area contributed by atoms with E-state index in [4.69, 9.17) is 21.9 Å². The van der Waals surface area contributed by atoms with Crippen molar-refractivity contribution in [3.8, 4) is 0 Å². The van der Waals surface area contributed by atoms with Gasteiger partial charge in [-0.1, -0.05) is 22.6 Å². The summed E-state index contributed by atoms with van der Waals surface area (Å²) in [4.78, 5) is 22.6. The molecule has 1 heterocycles. The molecule has 0 radical (unpaired) electrons. The Hall–Kier alpha value is -0.450. The number of alkyl halides is 1. The second kappa shape index (κ2) is 3.61. The molecule has 2 atom stereocenters. The standard InChI is InChI=1S/C6H10IN3O4/c7-1-5(9)3(11)14-6(10,2-8)4(12)13-5/h1-2,8-10H2. The maximum Gasteiger partial charge on any atom is 0.369 e. The maximum atomic E-state index is 11.3. The Morgan fingerprint density at radius 3 is 2.00 bits per heavy atom. The highest BCUT2D eigenvalue weighted by atomic mass is 127. The molecule has 2 unspecified atom stereocenters. The van der Waals surface area contributed by atoms with Crippen LogP contribution in [0.1, 0.15) is 0 Å². The molecule has 1 aliphatic rings. The summed E-state index contributed by atoms with van der Waals surface area (Å²) in [5.74, 6) is -1.82. The Morgan fingerprint density at radius 2 is 1.57 bits per heavy atom. The Labute approximate surface area is 93.4 Å².